The maximum Gasteiger partial charge on any atom is 0.123 e. The van der Waals surface area contributed by atoms with E-state index in [0.29, 0.717) is 6.42 Å². The van der Waals surface area contributed by atoms with Crippen molar-refractivity contribution in [3.8, 4) is 0 Å². The van der Waals surface area contributed by atoms with Crippen molar-refractivity contribution >= 4 is 0 Å². The normalized spacial score (nSPS) is 12.5. The molecule has 0 aliphatic heterocycles. The zero-order chi connectivity index (χ0) is 9.84. The molecule has 0 radical (unpaired) electrons. The molecule has 0 aliphatic rings. The zero-order valence-corrected chi connectivity index (χ0v) is 7.63. The molecule has 0 heterocycles. The van der Waals surface area contributed by atoms with Crippen molar-refractivity contribution in [2.24, 2.45) is 5.92 Å². The van der Waals surface area contributed by atoms with Gasteiger partial charge in [0.25, 0.3) is 0 Å². The lowest BCUT2D eigenvalue weighted by molar-refractivity contribution is 0.342. The molecule has 0 saturated carbocycles. The number of rotatable bonds is 3. The Morgan fingerprint density at radius 3 is 2.85 bits per heavy atom. The second-order valence-corrected chi connectivity index (χ2v) is 3.23. The summed E-state index contributed by atoms with van der Waals surface area (Å²) in [7, 11) is 0. The quantitative estimate of drug-likeness (QED) is 0.709. The number of aliphatic hydroxyl groups is 1. The molecule has 2 heteroatoms. The Bertz CT molecular complexity index is 307. The first kappa shape index (κ1) is 9.78. The topological polar surface area (TPSA) is 20.2 Å². The standard InChI is InChI=1S/C11H13FO/c1-8(9(2)13)6-10-4-3-5-11(12)7-10/h3-5,7-8,13H,2,6H2,1H3/t8-/m1/s1. The van der Waals surface area contributed by atoms with Crippen LogP contribution in [0.25, 0.3) is 0 Å². The van der Waals surface area contributed by atoms with E-state index in [1.807, 2.05) is 13.0 Å². The number of hydrogen-bond donors (Lipinski definition) is 1. The van der Waals surface area contributed by atoms with Crippen molar-refractivity contribution < 1.29 is 9.50 Å². The van der Waals surface area contributed by atoms with E-state index >= 15 is 0 Å². The van der Waals surface area contributed by atoms with Crippen LogP contribution < -0.4 is 0 Å². The van der Waals surface area contributed by atoms with E-state index in [1.165, 1.54) is 12.1 Å². The van der Waals surface area contributed by atoms with Crippen LogP contribution in [-0.2, 0) is 6.42 Å². The number of allylic oxidation sites excluding steroid dienone is 1. The Hall–Kier alpha value is -1.31. The molecule has 0 unspecified atom stereocenters. The van der Waals surface area contributed by atoms with E-state index in [0.717, 1.165) is 5.56 Å². The molecule has 1 aromatic carbocycles. The maximum absolute atomic E-state index is 12.7. The van der Waals surface area contributed by atoms with Gasteiger partial charge in [0.05, 0.1) is 5.76 Å². The van der Waals surface area contributed by atoms with Gasteiger partial charge < -0.3 is 5.11 Å². The van der Waals surface area contributed by atoms with Crippen molar-refractivity contribution in [3.05, 3.63) is 48.0 Å². The van der Waals surface area contributed by atoms with Crippen LogP contribution in [0.3, 0.4) is 0 Å². The summed E-state index contributed by atoms with van der Waals surface area (Å²) in [6, 6.07) is 6.38. The maximum atomic E-state index is 12.7. The third-order valence-corrected chi connectivity index (χ3v) is 2.00. The van der Waals surface area contributed by atoms with Crippen molar-refractivity contribution in [1.29, 1.82) is 0 Å². The Kier molecular flexibility index (Phi) is 3.07. The number of aliphatic hydroxyl groups excluding tert-OH is 1. The molecule has 0 amide bonds. The van der Waals surface area contributed by atoms with Gasteiger partial charge >= 0.3 is 0 Å². The molecule has 1 aromatic rings. The lowest BCUT2D eigenvalue weighted by atomic mass is 10.00. The van der Waals surface area contributed by atoms with Gasteiger partial charge in [-0.15, -0.1) is 0 Å². The fourth-order valence-electron chi connectivity index (χ4n) is 1.14. The van der Waals surface area contributed by atoms with Gasteiger partial charge in [0.15, 0.2) is 0 Å². The first-order valence-corrected chi connectivity index (χ1v) is 4.22. The molecule has 1 atom stereocenters. The monoisotopic (exact) mass is 180 g/mol. The molecule has 0 fully saturated rings. The Balaban J connectivity index is 2.69. The summed E-state index contributed by atoms with van der Waals surface area (Å²) in [5.74, 6) is -0.126. The fraction of sp³-hybridized carbons (Fsp3) is 0.273. The van der Waals surface area contributed by atoms with Crippen LogP contribution in [-0.4, -0.2) is 5.11 Å². The lowest BCUT2D eigenvalue weighted by Gasteiger charge is -2.09. The Labute approximate surface area is 77.5 Å². The van der Waals surface area contributed by atoms with Gasteiger partial charge in [-0.1, -0.05) is 25.6 Å². The average Bonchev–Trinajstić information content (AvgIpc) is 2.04. The first-order valence-electron chi connectivity index (χ1n) is 4.22. The fourth-order valence-corrected chi connectivity index (χ4v) is 1.14. The minimum atomic E-state index is -0.242. The van der Waals surface area contributed by atoms with Gasteiger partial charge in [-0.2, -0.15) is 0 Å². The number of halogens is 1. The molecule has 0 spiro atoms. The van der Waals surface area contributed by atoms with E-state index in [2.05, 4.69) is 6.58 Å². The molecule has 0 aliphatic carbocycles. The van der Waals surface area contributed by atoms with E-state index in [9.17, 15) is 4.39 Å². The highest BCUT2D eigenvalue weighted by atomic mass is 19.1. The van der Waals surface area contributed by atoms with Crippen molar-refractivity contribution in [2.45, 2.75) is 13.3 Å². The first-order chi connectivity index (χ1) is 6.09. The van der Waals surface area contributed by atoms with Gasteiger partial charge in [0, 0.05) is 5.92 Å². The molecule has 1 nitrogen and oxygen atoms in total. The summed E-state index contributed by atoms with van der Waals surface area (Å²) in [4.78, 5) is 0. The lowest BCUT2D eigenvalue weighted by Crippen LogP contribution is -2.02. The van der Waals surface area contributed by atoms with Crippen LogP contribution in [0.15, 0.2) is 36.6 Å². The Morgan fingerprint density at radius 1 is 1.62 bits per heavy atom. The minimum Gasteiger partial charge on any atom is -0.513 e. The predicted molar refractivity (Wildman–Crippen MR) is 51.0 cm³/mol. The highest BCUT2D eigenvalue weighted by Crippen LogP contribution is 2.13. The third kappa shape index (κ3) is 2.90. The molecule has 0 bridgehead atoms. The van der Waals surface area contributed by atoms with Crippen molar-refractivity contribution in [3.63, 3.8) is 0 Å². The average molecular weight is 180 g/mol. The second-order valence-electron chi connectivity index (χ2n) is 3.23. The molecule has 70 valence electrons. The van der Waals surface area contributed by atoms with Crippen LogP contribution in [0.4, 0.5) is 4.39 Å². The van der Waals surface area contributed by atoms with Crippen LogP contribution in [0, 0.1) is 11.7 Å². The largest absolute Gasteiger partial charge is 0.513 e. The summed E-state index contributed by atoms with van der Waals surface area (Å²) in [6.07, 6.45) is 0.618. The predicted octanol–water partition coefficient (Wildman–Crippen LogP) is 3.08. The van der Waals surface area contributed by atoms with E-state index < -0.39 is 0 Å². The third-order valence-electron chi connectivity index (χ3n) is 2.00. The SMILES string of the molecule is C=C(O)[C@H](C)Cc1cccc(F)c1. The van der Waals surface area contributed by atoms with Crippen LogP contribution in [0.1, 0.15) is 12.5 Å². The van der Waals surface area contributed by atoms with Crippen molar-refractivity contribution in [1.82, 2.24) is 0 Å². The zero-order valence-electron chi connectivity index (χ0n) is 7.63. The molecule has 0 aromatic heterocycles. The smallest absolute Gasteiger partial charge is 0.123 e. The summed E-state index contributed by atoms with van der Waals surface area (Å²) in [5, 5.41) is 9.06. The molecule has 1 rings (SSSR count). The van der Waals surface area contributed by atoms with Gasteiger partial charge in [-0.25, -0.2) is 4.39 Å². The highest BCUT2D eigenvalue weighted by Gasteiger charge is 2.06. The minimum absolute atomic E-state index is 0.0261. The molecular formula is C11H13FO. The Morgan fingerprint density at radius 2 is 2.31 bits per heavy atom. The molecule has 13 heavy (non-hydrogen) atoms. The van der Waals surface area contributed by atoms with E-state index in [4.69, 9.17) is 5.11 Å². The summed E-state index contributed by atoms with van der Waals surface area (Å²) >= 11 is 0. The van der Waals surface area contributed by atoms with Gasteiger partial charge in [0.2, 0.25) is 0 Å². The molecule has 1 N–H and O–H groups in total. The molecule has 0 saturated heterocycles. The highest BCUT2D eigenvalue weighted by molar-refractivity contribution is 5.17. The van der Waals surface area contributed by atoms with Crippen LogP contribution >= 0.6 is 0 Å². The van der Waals surface area contributed by atoms with E-state index in [-0.39, 0.29) is 17.5 Å². The summed E-state index contributed by atoms with van der Waals surface area (Å²) in [5.41, 5.74) is 0.878. The van der Waals surface area contributed by atoms with E-state index in [1.54, 1.807) is 6.07 Å². The van der Waals surface area contributed by atoms with Crippen LogP contribution in [0.2, 0.25) is 0 Å². The van der Waals surface area contributed by atoms with Gasteiger partial charge in [-0.05, 0) is 24.1 Å². The van der Waals surface area contributed by atoms with Gasteiger partial charge in [-0.3, -0.25) is 0 Å². The second kappa shape index (κ2) is 4.08. The number of hydrogen-bond acceptors (Lipinski definition) is 1. The van der Waals surface area contributed by atoms with Crippen molar-refractivity contribution in [2.75, 3.05) is 0 Å². The summed E-state index contributed by atoms with van der Waals surface area (Å²) < 4.78 is 12.7. The van der Waals surface area contributed by atoms with Crippen LogP contribution in [0.5, 0.6) is 0 Å². The number of benzene rings is 1. The molecular weight excluding hydrogens is 167 g/mol. The summed E-state index contributed by atoms with van der Waals surface area (Å²) in [6.45, 7) is 5.29. The van der Waals surface area contributed by atoms with Gasteiger partial charge in [0.1, 0.15) is 5.82 Å².